The van der Waals surface area contributed by atoms with Crippen LogP contribution in [0.5, 0.6) is 0 Å². The number of nitrogens with two attached hydrogens (primary N) is 1. The van der Waals surface area contributed by atoms with E-state index in [-0.39, 0.29) is 6.04 Å². The lowest BCUT2D eigenvalue weighted by Crippen LogP contribution is -2.22. The quantitative estimate of drug-likeness (QED) is 0.754. The first-order valence-corrected chi connectivity index (χ1v) is 4.99. The van der Waals surface area contributed by atoms with Crippen LogP contribution in [-0.2, 0) is 6.42 Å². The molecule has 13 heavy (non-hydrogen) atoms. The highest BCUT2D eigenvalue weighted by Gasteiger charge is 2.09. The molecule has 0 amide bonds. The molecule has 0 heterocycles. The van der Waals surface area contributed by atoms with Crippen LogP contribution >= 0.6 is 0 Å². The Morgan fingerprint density at radius 1 is 1.31 bits per heavy atom. The van der Waals surface area contributed by atoms with Gasteiger partial charge in [0.25, 0.3) is 0 Å². The second kappa shape index (κ2) is 4.43. The highest BCUT2D eigenvalue weighted by Crippen LogP contribution is 2.19. The molecular formula is C12H19N. The predicted octanol–water partition coefficient (Wildman–Crippen LogP) is 2.70. The molecule has 2 N–H and O–H groups in total. The van der Waals surface area contributed by atoms with E-state index in [1.54, 1.807) is 0 Å². The molecular weight excluding hydrogens is 158 g/mol. The molecule has 0 aliphatic rings. The Hall–Kier alpha value is -0.820. The van der Waals surface area contributed by atoms with Gasteiger partial charge in [-0.2, -0.15) is 0 Å². The monoisotopic (exact) mass is 177 g/mol. The maximum Gasteiger partial charge on any atom is 0.00766 e. The van der Waals surface area contributed by atoms with Crippen molar-refractivity contribution in [2.45, 2.75) is 39.2 Å². The average Bonchev–Trinajstić information content (AvgIpc) is 2.16. The molecule has 1 aromatic rings. The van der Waals surface area contributed by atoms with Crippen molar-refractivity contribution in [2.75, 3.05) is 0 Å². The molecule has 0 aromatic heterocycles. The Morgan fingerprint density at radius 2 is 2.00 bits per heavy atom. The van der Waals surface area contributed by atoms with Crippen molar-refractivity contribution in [1.82, 2.24) is 0 Å². The highest BCUT2D eigenvalue weighted by atomic mass is 14.6. The molecule has 0 bridgehead atoms. The van der Waals surface area contributed by atoms with Gasteiger partial charge in [0.2, 0.25) is 0 Å². The van der Waals surface area contributed by atoms with Crippen molar-refractivity contribution in [3.8, 4) is 0 Å². The van der Waals surface area contributed by atoms with Crippen molar-refractivity contribution < 1.29 is 0 Å². The first-order chi connectivity index (χ1) is 6.15. The molecule has 1 aromatic carbocycles. The SMILES string of the molecule is CCc1cccc(C(C)C(C)N)c1. The van der Waals surface area contributed by atoms with Crippen molar-refractivity contribution in [1.29, 1.82) is 0 Å². The summed E-state index contributed by atoms with van der Waals surface area (Å²) in [6.07, 6.45) is 1.10. The van der Waals surface area contributed by atoms with Crippen LogP contribution in [0.2, 0.25) is 0 Å². The predicted molar refractivity (Wildman–Crippen MR) is 57.9 cm³/mol. The lowest BCUT2D eigenvalue weighted by Gasteiger charge is -2.16. The zero-order valence-electron chi connectivity index (χ0n) is 8.75. The van der Waals surface area contributed by atoms with E-state index in [0.29, 0.717) is 5.92 Å². The number of aryl methyl sites for hydroxylation is 1. The summed E-state index contributed by atoms with van der Waals surface area (Å²) in [4.78, 5) is 0. The van der Waals surface area contributed by atoms with E-state index in [0.717, 1.165) is 6.42 Å². The minimum Gasteiger partial charge on any atom is -0.327 e. The molecule has 1 heteroatoms. The van der Waals surface area contributed by atoms with Gasteiger partial charge in [-0.3, -0.25) is 0 Å². The molecule has 0 radical (unpaired) electrons. The van der Waals surface area contributed by atoms with Gasteiger partial charge in [-0.25, -0.2) is 0 Å². The van der Waals surface area contributed by atoms with Gasteiger partial charge < -0.3 is 5.73 Å². The Kier molecular flexibility index (Phi) is 3.49. The van der Waals surface area contributed by atoms with Crippen molar-refractivity contribution >= 4 is 0 Å². The third-order valence-electron chi connectivity index (χ3n) is 2.67. The lowest BCUT2D eigenvalue weighted by atomic mass is 9.93. The Morgan fingerprint density at radius 3 is 2.54 bits per heavy atom. The van der Waals surface area contributed by atoms with Gasteiger partial charge in [-0.1, -0.05) is 38.1 Å². The van der Waals surface area contributed by atoms with Crippen molar-refractivity contribution in [2.24, 2.45) is 5.73 Å². The number of hydrogen-bond donors (Lipinski definition) is 1. The first kappa shape index (κ1) is 10.3. The maximum absolute atomic E-state index is 5.86. The minimum atomic E-state index is 0.229. The second-order valence-electron chi connectivity index (χ2n) is 3.75. The molecule has 72 valence electrons. The van der Waals surface area contributed by atoms with Gasteiger partial charge in [0.1, 0.15) is 0 Å². The van der Waals surface area contributed by atoms with Gasteiger partial charge in [0.05, 0.1) is 0 Å². The summed E-state index contributed by atoms with van der Waals surface area (Å²) in [5.41, 5.74) is 8.61. The maximum atomic E-state index is 5.86. The van der Waals surface area contributed by atoms with E-state index in [9.17, 15) is 0 Å². The third-order valence-corrected chi connectivity index (χ3v) is 2.67. The standard InChI is InChI=1S/C12H19N/c1-4-11-6-5-7-12(8-11)9(2)10(3)13/h5-10H,4,13H2,1-3H3. The Balaban J connectivity index is 2.88. The van der Waals surface area contributed by atoms with Crippen LogP contribution in [-0.4, -0.2) is 6.04 Å². The van der Waals surface area contributed by atoms with E-state index < -0.39 is 0 Å². The first-order valence-electron chi connectivity index (χ1n) is 4.99. The molecule has 0 saturated heterocycles. The van der Waals surface area contributed by atoms with E-state index in [1.165, 1.54) is 11.1 Å². The van der Waals surface area contributed by atoms with Crippen LogP contribution in [0.15, 0.2) is 24.3 Å². The van der Waals surface area contributed by atoms with Gasteiger partial charge in [-0.15, -0.1) is 0 Å². The molecule has 0 aliphatic carbocycles. The number of benzene rings is 1. The van der Waals surface area contributed by atoms with Crippen LogP contribution in [0, 0.1) is 0 Å². The van der Waals surface area contributed by atoms with Crippen LogP contribution in [0.25, 0.3) is 0 Å². The van der Waals surface area contributed by atoms with E-state index in [4.69, 9.17) is 5.73 Å². The fourth-order valence-corrected chi connectivity index (χ4v) is 1.40. The highest BCUT2D eigenvalue weighted by molar-refractivity contribution is 5.26. The van der Waals surface area contributed by atoms with Crippen LogP contribution in [0.1, 0.15) is 37.8 Å². The normalized spacial score (nSPS) is 15.4. The minimum absolute atomic E-state index is 0.229. The Labute approximate surface area is 81.0 Å². The summed E-state index contributed by atoms with van der Waals surface area (Å²) in [5, 5.41) is 0. The molecule has 0 saturated carbocycles. The van der Waals surface area contributed by atoms with Gasteiger partial charge in [0.15, 0.2) is 0 Å². The third kappa shape index (κ3) is 2.56. The molecule has 0 spiro atoms. The van der Waals surface area contributed by atoms with E-state index in [2.05, 4.69) is 45.0 Å². The summed E-state index contributed by atoms with van der Waals surface area (Å²) < 4.78 is 0. The molecule has 2 atom stereocenters. The molecule has 0 fully saturated rings. The molecule has 0 aliphatic heterocycles. The lowest BCUT2D eigenvalue weighted by molar-refractivity contribution is 0.612. The number of hydrogen-bond acceptors (Lipinski definition) is 1. The second-order valence-corrected chi connectivity index (χ2v) is 3.75. The summed E-state index contributed by atoms with van der Waals surface area (Å²) in [5.74, 6) is 0.450. The topological polar surface area (TPSA) is 26.0 Å². The zero-order valence-corrected chi connectivity index (χ0v) is 8.75. The van der Waals surface area contributed by atoms with Crippen LogP contribution in [0.3, 0.4) is 0 Å². The fourth-order valence-electron chi connectivity index (χ4n) is 1.40. The van der Waals surface area contributed by atoms with Crippen LogP contribution < -0.4 is 5.73 Å². The zero-order chi connectivity index (χ0) is 9.84. The van der Waals surface area contributed by atoms with E-state index >= 15 is 0 Å². The molecule has 2 unspecified atom stereocenters. The van der Waals surface area contributed by atoms with Crippen molar-refractivity contribution in [3.63, 3.8) is 0 Å². The molecule has 1 nitrogen and oxygen atoms in total. The van der Waals surface area contributed by atoms with Crippen molar-refractivity contribution in [3.05, 3.63) is 35.4 Å². The smallest absolute Gasteiger partial charge is 0.00766 e. The molecule has 1 rings (SSSR count). The summed E-state index contributed by atoms with van der Waals surface area (Å²) in [6, 6.07) is 8.93. The number of rotatable bonds is 3. The average molecular weight is 177 g/mol. The van der Waals surface area contributed by atoms with Crippen LogP contribution in [0.4, 0.5) is 0 Å². The van der Waals surface area contributed by atoms with E-state index in [1.807, 2.05) is 0 Å². The largest absolute Gasteiger partial charge is 0.327 e. The summed E-state index contributed by atoms with van der Waals surface area (Å²) in [6.45, 7) is 6.42. The van der Waals surface area contributed by atoms with Gasteiger partial charge >= 0.3 is 0 Å². The van der Waals surface area contributed by atoms with Gasteiger partial charge in [-0.05, 0) is 30.4 Å². The summed E-state index contributed by atoms with van der Waals surface area (Å²) >= 11 is 0. The summed E-state index contributed by atoms with van der Waals surface area (Å²) in [7, 11) is 0. The Bertz CT molecular complexity index is 266. The fraction of sp³-hybridized carbons (Fsp3) is 0.500. The van der Waals surface area contributed by atoms with Gasteiger partial charge in [0, 0.05) is 6.04 Å².